The first-order valence-corrected chi connectivity index (χ1v) is 7.78. The molecule has 24 heavy (non-hydrogen) atoms. The van der Waals surface area contributed by atoms with Crippen molar-refractivity contribution in [2.75, 3.05) is 0 Å². The Balaban J connectivity index is 2.17. The molecule has 7 heteroatoms. The molecule has 0 spiro atoms. The Hall–Kier alpha value is -2.70. The van der Waals surface area contributed by atoms with Crippen LogP contribution in [-0.2, 0) is 4.79 Å². The van der Waals surface area contributed by atoms with Crippen LogP contribution in [0.3, 0.4) is 0 Å². The van der Waals surface area contributed by atoms with E-state index in [1.54, 1.807) is 25.3 Å². The van der Waals surface area contributed by atoms with Gasteiger partial charge in [0.25, 0.3) is 5.91 Å². The maximum atomic E-state index is 13.0. The van der Waals surface area contributed by atoms with Crippen molar-refractivity contribution in [2.45, 2.75) is 39.2 Å². The van der Waals surface area contributed by atoms with Crippen LogP contribution in [0.25, 0.3) is 5.69 Å². The second-order valence-corrected chi connectivity index (χ2v) is 5.59. The van der Waals surface area contributed by atoms with E-state index in [1.165, 1.54) is 16.8 Å². The van der Waals surface area contributed by atoms with Gasteiger partial charge in [-0.3, -0.25) is 4.79 Å². The van der Waals surface area contributed by atoms with Crippen molar-refractivity contribution in [1.29, 1.82) is 0 Å². The first-order chi connectivity index (χ1) is 11.4. The molecule has 2 rings (SSSR count). The predicted octanol–water partition coefficient (Wildman–Crippen LogP) is 2.69. The highest BCUT2D eigenvalue weighted by Gasteiger charge is 2.23. The molecule has 1 amide bonds. The second-order valence-electron chi connectivity index (χ2n) is 5.59. The molecule has 0 saturated carbocycles. The molecule has 0 bridgehead atoms. The lowest BCUT2D eigenvalue weighted by Crippen LogP contribution is -2.41. The van der Waals surface area contributed by atoms with Crippen molar-refractivity contribution in [3.8, 4) is 5.69 Å². The smallest absolute Gasteiger partial charge is 0.326 e. The maximum Gasteiger partial charge on any atom is 0.326 e. The van der Waals surface area contributed by atoms with Crippen LogP contribution in [0.5, 0.6) is 0 Å². The van der Waals surface area contributed by atoms with E-state index in [9.17, 15) is 19.1 Å². The largest absolute Gasteiger partial charge is 0.480 e. The molecule has 1 heterocycles. The number of rotatable bonds is 7. The lowest BCUT2D eigenvalue weighted by atomic mass is 10.1. The molecule has 0 fully saturated rings. The van der Waals surface area contributed by atoms with Crippen LogP contribution in [0.2, 0.25) is 0 Å². The Labute approximate surface area is 139 Å². The molecule has 1 aromatic heterocycles. The fourth-order valence-corrected chi connectivity index (χ4v) is 2.30. The van der Waals surface area contributed by atoms with Crippen LogP contribution in [0.15, 0.2) is 30.5 Å². The minimum atomic E-state index is -1.06. The number of amides is 1. The van der Waals surface area contributed by atoms with Gasteiger partial charge >= 0.3 is 5.97 Å². The number of aryl methyl sites for hydroxylation is 1. The summed E-state index contributed by atoms with van der Waals surface area (Å²) in [6.45, 7) is 3.67. The monoisotopic (exact) mass is 333 g/mol. The van der Waals surface area contributed by atoms with Crippen LogP contribution in [0.1, 0.15) is 42.2 Å². The summed E-state index contributed by atoms with van der Waals surface area (Å²) >= 11 is 0. The minimum absolute atomic E-state index is 0.155. The number of nitrogens with zero attached hydrogens (tertiary/aromatic N) is 2. The Morgan fingerprint density at radius 1 is 1.33 bits per heavy atom. The van der Waals surface area contributed by atoms with Crippen LogP contribution in [0.4, 0.5) is 4.39 Å². The molecule has 0 saturated heterocycles. The van der Waals surface area contributed by atoms with Crippen molar-refractivity contribution >= 4 is 11.9 Å². The van der Waals surface area contributed by atoms with Crippen molar-refractivity contribution in [3.63, 3.8) is 0 Å². The van der Waals surface area contributed by atoms with Gasteiger partial charge in [0, 0.05) is 11.8 Å². The number of nitrogens with one attached hydrogen (secondary N) is 1. The topological polar surface area (TPSA) is 84.2 Å². The highest BCUT2D eigenvalue weighted by atomic mass is 19.1. The van der Waals surface area contributed by atoms with Gasteiger partial charge in [-0.2, -0.15) is 5.10 Å². The van der Waals surface area contributed by atoms with Gasteiger partial charge in [-0.1, -0.05) is 19.8 Å². The van der Waals surface area contributed by atoms with Gasteiger partial charge in [0.15, 0.2) is 5.69 Å². The zero-order chi connectivity index (χ0) is 17.7. The highest BCUT2D eigenvalue weighted by Crippen LogP contribution is 2.13. The number of unbranched alkanes of at least 4 members (excludes halogenated alkanes) is 1. The molecule has 0 aliphatic heterocycles. The molecular formula is C17H20FN3O3. The molecule has 1 aromatic carbocycles. The summed E-state index contributed by atoms with van der Waals surface area (Å²) in [4.78, 5) is 23.6. The Morgan fingerprint density at radius 3 is 2.58 bits per heavy atom. The van der Waals surface area contributed by atoms with Crippen LogP contribution in [0, 0.1) is 12.7 Å². The van der Waals surface area contributed by atoms with E-state index in [2.05, 4.69) is 10.4 Å². The Bertz CT molecular complexity index is 725. The molecule has 0 radical (unpaired) electrons. The Morgan fingerprint density at radius 2 is 2.00 bits per heavy atom. The van der Waals surface area contributed by atoms with E-state index in [0.717, 1.165) is 6.42 Å². The fraction of sp³-hybridized carbons (Fsp3) is 0.353. The third-order valence-electron chi connectivity index (χ3n) is 3.65. The highest BCUT2D eigenvalue weighted by molar-refractivity contribution is 5.96. The summed E-state index contributed by atoms with van der Waals surface area (Å²) in [5.41, 5.74) is 1.37. The molecule has 1 atom stereocenters. The summed E-state index contributed by atoms with van der Waals surface area (Å²) in [7, 11) is 0. The number of benzene rings is 1. The normalized spacial score (nSPS) is 12.0. The number of hydrogen-bond donors (Lipinski definition) is 2. The maximum absolute atomic E-state index is 13.0. The molecule has 6 nitrogen and oxygen atoms in total. The van der Waals surface area contributed by atoms with Gasteiger partial charge in [0.1, 0.15) is 11.9 Å². The van der Waals surface area contributed by atoms with Gasteiger partial charge in [-0.25, -0.2) is 13.9 Å². The van der Waals surface area contributed by atoms with E-state index in [1.807, 2.05) is 6.92 Å². The molecule has 0 aliphatic rings. The molecule has 2 aromatic rings. The van der Waals surface area contributed by atoms with Gasteiger partial charge in [0.2, 0.25) is 0 Å². The number of halogens is 1. The van der Waals surface area contributed by atoms with E-state index >= 15 is 0 Å². The first kappa shape index (κ1) is 17.7. The molecule has 0 aliphatic carbocycles. The quantitative estimate of drug-likeness (QED) is 0.816. The standard InChI is InChI=1S/C17H20FN3O3/c1-3-4-5-14(17(23)24)19-16(22)15-11(2)10-21(20-15)13-8-6-12(18)7-9-13/h6-10,14H,3-5H2,1-2H3,(H,19,22)(H,23,24). The number of aliphatic carboxylic acids is 1. The van der Waals surface area contributed by atoms with E-state index < -0.39 is 17.9 Å². The lowest BCUT2D eigenvalue weighted by Gasteiger charge is -2.13. The molecular weight excluding hydrogens is 313 g/mol. The van der Waals surface area contributed by atoms with Crippen molar-refractivity contribution in [2.24, 2.45) is 0 Å². The van der Waals surface area contributed by atoms with Gasteiger partial charge in [0.05, 0.1) is 5.69 Å². The second kappa shape index (κ2) is 7.72. The van der Waals surface area contributed by atoms with E-state index in [0.29, 0.717) is 24.1 Å². The van der Waals surface area contributed by atoms with E-state index in [4.69, 9.17) is 0 Å². The SMILES string of the molecule is CCCCC(NC(=O)c1nn(-c2ccc(F)cc2)cc1C)C(=O)O. The predicted molar refractivity (Wildman–Crippen MR) is 86.7 cm³/mol. The zero-order valence-electron chi connectivity index (χ0n) is 13.6. The third-order valence-corrected chi connectivity index (χ3v) is 3.65. The summed E-state index contributed by atoms with van der Waals surface area (Å²) in [6, 6.07) is 4.76. The first-order valence-electron chi connectivity index (χ1n) is 7.78. The van der Waals surface area contributed by atoms with Crippen molar-refractivity contribution in [1.82, 2.24) is 15.1 Å². The van der Waals surface area contributed by atoms with Gasteiger partial charge < -0.3 is 10.4 Å². The average Bonchev–Trinajstić information content (AvgIpc) is 2.93. The third kappa shape index (κ3) is 4.18. The van der Waals surface area contributed by atoms with Crippen LogP contribution in [-0.4, -0.2) is 32.8 Å². The van der Waals surface area contributed by atoms with Crippen molar-refractivity contribution < 1.29 is 19.1 Å². The lowest BCUT2D eigenvalue weighted by molar-refractivity contribution is -0.139. The zero-order valence-corrected chi connectivity index (χ0v) is 13.6. The number of hydrogen-bond acceptors (Lipinski definition) is 3. The summed E-state index contributed by atoms with van der Waals surface area (Å²) in [5, 5.41) is 15.9. The van der Waals surface area contributed by atoms with Crippen LogP contribution >= 0.6 is 0 Å². The summed E-state index contributed by atoms with van der Waals surface area (Å²) < 4.78 is 14.5. The minimum Gasteiger partial charge on any atom is -0.480 e. The number of aromatic nitrogens is 2. The molecule has 128 valence electrons. The average molecular weight is 333 g/mol. The number of carbonyl (C=O) groups is 2. The van der Waals surface area contributed by atoms with Gasteiger partial charge in [-0.15, -0.1) is 0 Å². The fourth-order valence-electron chi connectivity index (χ4n) is 2.30. The molecule has 1 unspecified atom stereocenters. The number of carbonyl (C=O) groups excluding carboxylic acids is 1. The van der Waals surface area contributed by atoms with Gasteiger partial charge in [-0.05, 0) is 37.6 Å². The van der Waals surface area contributed by atoms with E-state index in [-0.39, 0.29) is 11.5 Å². The number of carboxylic acids is 1. The number of carboxylic acid groups (broad SMARTS) is 1. The summed E-state index contributed by atoms with van der Waals surface area (Å²) in [5.74, 6) is -1.95. The van der Waals surface area contributed by atoms with Crippen molar-refractivity contribution in [3.05, 3.63) is 47.5 Å². The molecule has 2 N–H and O–H groups in total. The van der Waals surface area contributed by atoms with Crippen LogP contribution < -0.4 is 5.32 Å². The Kier molecular flexibility index (Phi) is 5.68. The summed E-state index contributed by atoms with van der Waals surface area (Å²) in [6.07, 6.45) is 3.57.